The first-order valence-corrected chi connectivity index (χ1v) is 7.58. The molecule has 5 heteroatoms. The fourth-order valence-corrected chi connectivity index (χ4v) is 2.06. The van der Waals surface area contributed by atoms with Gasteiger partial charge in [-0.15, -0.1) is 0 Å². The zero-order valence-corrected chi connectivity index (χ0v) is 13.4. The topological polar surface area (TPSA) is 45.7 Å². The van der Waals surface area contributed by atoms with Gasteiger partial charge >= 0.3 is 0 Å². The first-order valence-electron chi connectivity index (χ1n) is 7.58. The Bertz CT molecular complexity index is 631. The molecule has 0 saturated carbocycles. The van der Waals surface area contributed by atoms with Crippen molar-refractivity contribution in [2.75, 3.05) is 13.6 Å². The van der Waals surface area contributed by atoms with Gasteiger partial charge in [0.05, 0.1) is 6.54 Å². The van der Waals surface area contributed by atoms with E-state index < -0.39 is 0 Å². The molecule has 122 valence electrons. The molecular formula is C18H22FN3O. The van der Waals surface area contributed by atoms with Crippen LogP contribution in [-0.2, 0) is 6.54 Å². The van der Waals surface area contributed by atoms with Crippen LogP contribution in [-0.4, -0.2) is 25.7 Å². The Kier molecular flexibility index (Phi) is 6.41. The van der Waals surface area contributed by atoms with Crippen molar-refractivity contribution in [3.05, 3.63) is 66.0 Å². The third-order valence-corrected chi connectivity index (χ3v) is 3.22. The molecule has 0 aromatic heterocycles. The maximum atomic E-state index is 13.1. The molecule has 0 aliphatic heterocycles. The van der Waals surface area contributed by atoms with Gasteiger partial charge in [0.15, 0.2) is 5.96 Å². The Labute approximate surface area is 136 Å². The molecule has 0 fully saturated rings. The Morgan fingerprint density at radius 1 is 1.13 bits per heavy atom. The second-order valence-electron chi connectivity index (χ2n) is 5.18. The van der Waals surface area contributed by atoms with Crippen LogP contribution in [0.1, 0.15) is 12.5 Å². The summed E-state index contributed by atoms with van der Waals surface area (Å²) in [6.07, 6.45) is -0.118. The second-order valence-corrected chi connectivity index (χ2v) is 5.18. The summed E-state index contributed by atoms with van der Waals surface area (Å²) >= 11 is 0. The van der Waals surface area contributed by atoms with Gasteiger partial charge in [0.1, 0.15) is 17.7 Å². The summed E-state index contributed by atoms with van der Waals surface area (Å²) in [6.45, 7) is 3.17. The van der Waals surface area contributed by atoms with Crippen molar-refractivity contribution < 1.29 is 9.13 Å². The van der Waals surface area contributed by atoms with Gasteiger partial charge in [0.2, 0.25) is 0 Å². The van der Waals surface area contributed by atoms with E-state index in [0.29, 0.717) is 24.8 Å². The van der Waals surface area contributed by atoms with E-state index >= 15 is 0 Å². The lowest BCUT2D eigenvalue weighted by atomic mass is 10.2. The fraction of sp³-hybridized carbons (Fsp3) is 0.278. The van der Waals surface area contributed by atoms with E-state index in [-0.39, 0.29) is 11.9 Å². The van der Waals surface area contributed by atoms with Crippen LogP contribution >= 0.6 is 0 Å². The Balaban J connectivity index is 1.76. The minimum Gasteiger partial charge on any atom is -0.489 e. The number of guanidine groups is 1. The SMILES string of the molecule is CN=C(NCc1ccccc1)NCC(C)Oc1cccc(F)c1. The highest BCUT2D eigenvalue weighted by Crippen LogP contribution is 2.13. The molecule has 0 aliphatic rings. The maximum Gasteiger partial charge on any atom is 0.191 e. The second kappa shape index (κ2) is 8.78. The molecule has 0 saturated heterocycles. The lowest BCUT2D eigenvalue weighted by molar-refractivity contribution is 0.223. The lowest BCUT2D eigenvalue weighted by Crippen LogP contribution is -2.41. The predicted octanol–water partition coefficient (Wildman–Crippen LogP) is 2.96. The summed E-state index contributed by atoms with van der Waals surface area (Å²) in [5, 5.41) is 6.43. The molecule has 0 heterocycles. The van der Waals surface area contributed by atoms with Crippen LogP contribution in [0.5, 0.6) is 5.75 Å². The summed E-state index contributed by atoms with van der Waals surface area (Å²) in [5.41, 5.74) is 1.18. The molecule has 2 aromatic rings. The Morgan fingerprint density at radius 3 is 2.61 bits per heavy atom. The number of halogens is 1. The van der Waals surface area contributed by atoms with Gasteiger partial charge in [-0.2, -0.15) is 0 Å². The molecule has 4 nitrogen and oxygen atoms in total. The van der Waals surface area contributed by atoms with Gasteiger partial charge in [-0.1, -0.05) is 36.4 Å². The summed E-state index contributed by atoms with van der Waals surface area (Å²) in [5.74, 6) is 0.915. The van der Waals surface area contributed by atoms with Gasteiger partial charge < -0.3 is 15.4 Å². The molecule has 1 atom stereocenters. The monoisotopic (exact) mass is 315 g/mol. The normalized spacial score (nSPS) is 12.6. The third kappa shape index (κ3) is 5.98. The average Bonchev–Trinajstić information content (AvgIpc) is 2.56. The standard InChI is InChI=1S/C18H22FN3O/c1-14(23-17-10-6-9-16(19)11-17)12-21-18(20-2)22-13-15-7-4-3-5-8-15/h3-11,14H,12-13H2,1-2H3,(H2,20,21,22). The highest BCUT2D eigenvalue weighted by Gasteiger charge is 2.06. The molecule has 0 bridgehead atoms. The molecule has 2 N–H and O–H groups in total. The molecular weight excluding hydrogens is 293 g/mol. The number of benzene rings is 2. The first kappa shape index (κ1) is 16.8. The molecule has 1 unspecified atom stereocenters. The van der Waals surface area contributed by atoms with E-state index in [1.807, 2.05) is 25.1 Å². The zero-order valence-electron chi connectivity index (χ0n) is 13.4. The number of aliphatic imine (C=N–C) groups is 1. The van der Waals surface area contributed by atoms with Crippen molar-refractivity contribution in [2.45, 2.75) is 19.6 Å². The van der Waals surface area contributed by atoms with Crippen LogP contribution < -0.4 is 15.4 Å². The van der Waals surface area contributed by atoms with E-state index in [2.05, 4.69) is 27.8 Å². The number of rotatable bonds is 6. The fourth-order valence-electron chi connectivity index (χ4n) is 2.06. The van der Waals surface area contributed by atoms with Gasteiger partial charge in [-0.3, -0.25) is 4.99 Å². The predicted molar refractivity (Wildman–Crippen MR) is 91.1 cm³/mol. The average molecular weight is 315 g/mol. The summed E-state index contributed by atoms with van der Waals surface area (Å²) in [4.78, 5) is 4.18. The van der Waals surface area contributed by atoms with Crippen LogP contribution in [0.25, 0.3) is 0 Å². The number of nitrogens with zero attached hydrogens (tertiary/aromatic N) is 1. The summed E-state index contributed by atoms with van der Waals surface area (Å²) in [6, 6.07) is 16.2. The quantitative estimate of drug-likeness (QED) is 0.636. The van der Waals surface area contributed by atoms with Crippen LogP contribution in [0, 0.1) is 5.82 Å². The van der Waals surface area contributed by atoms with E-state index in [1.165, 1.54) is 17.7 Å². The Morgan fingerprint density at radius 2 is 1.91 bits per heavy atom. The number of nitrogens with one attached hydrogen (secondary N) is 2. The van der Waals surface area contributed by atoms with Crippen molar-refractivity contribution in [3.8, 4) is 5.75 Å². The van der Waals surface area contributed by atoms with Crippen LogP contribution in [0.3, 0.4) is 0 Å². The maximum absolute atomic E-state index is 13.1. The van der Waals surface area contributed by atoms with E-state index in [1.54, 1.807) is 19.2 Å². The highest BCUT2D eigenvalue weighted by molar-refractivity contribution is 5.79. The third-order valence-electron chi connectivity index (χ3n) is 3.22. The highest BCUT2D eigenvalue weighted by atomic mass is 19.1. The smallest absolute Gasteiger partial charge is 0.191 e. The van der Waals surface area contributed by atoms with Crippen molar-refractivity contribution in [2.24, 2.45) is 4.99 Å². The number of ether oxygens (including phenoxy) is 1. The van der Waals surface area contributed by atoms with Crippen molar-refractivity contribution >= 4 is 5.96 Å². The molecule has 2 aromatic carbocycles. The van der Waals surface area contributed by atoms with Gasteiger partial charge in [0.25, 0.3) is 0 Å². The van der Waals surface area contributed by atoms with Crippen molar-refractivity contribution in [1.29, 1.82) is 0 Å². The molecule has 23 heavy (non-hydrogen) atoms. The minimum absolute atomic E-state index is 0.118. The zero-order chi connectivity index (χ0) is 16.5. The van der Waals surface area contributed by atoms with E-state index in [0.717, 1.165) is 0 Å². The summed E-state index contributed by atoms with van der Waals surface area (Å²) in [7, 11) is 1.72. The van der Waals surface area contributed by atoms with Crippen LogP contribution in [0.2, 0.25) is 0 Å². The minimum atomic E-state index is -0.303. The van der Waals surface area contributed by atoms with Crippen LogP contribution in [0.4, 0.5) is 4.39 Å². The molecule has 0 aliphatic carbocycles. The van der Waals surface area contributed by atoms with Crippen molar-refractivity contribution in [1.82, 2.24) is 10.6 Å². The van der Waals surface area contributed by atoms with Gasteiger partial charge in [-0.05, 0) is 24.6 Å². The molecule has 2 rings (SSSR count). The summed E-state index contributed by atoms with van der Waals surface area (Å²) < 4.78 is 18.8. The van der Waals surface area contributed by atoms with Gasteiger partial charge in [-0.25, -0.2) is 4.39 Å². The van der Waals surface area contributed by atoms with Crippen LogP contribution in [0.15, 0.2) is 59.6 Å². The number of hydrogen-bond donors (Lipinski definition) is 2. The number of hydrogen-bond acceptors (Lipinski definition) is 2. The van der Waals surface area contributed by atoms with Gasteiger partial charge in [0, 0.05) is 19.7 Å². The largest absolute Gasteiger partial charge is 0.489 e. The molecule has 0 spiro atoms. The first-order chi connectivity index (χ1) is 11.2. The Hall–Kier alpha value is -2.56. The lowest BCUT2D eigenvalue weighted by Gasteiger charge is -2.17. The van der Waals surface area contributed by atoms with Crippen molar-refractivity contribution in [3.63, 3.8) is 0 Å². The van der Waals surface area contributed by atoms with E-state index in [9.17, 15) is 4.39 Å². The van der Waals surface area contributed by atoms with E-state index in [4.69, 9.17) is 4.74 Å². The molecule has 0 amide bonds. The molecule has 0 radical (unpaired) electrons.